The molecule has 7 nitrogen and oxygen atoms in total. The second-order valence-electron chi connectivity index (χ2n) is 8.61. The number of unbranched alkanes of at least 4 members (excludes halogenated alkanes) is 12. The molecule has 0 unspecified atom stereocenters. The number of aryl methyl sites for hydroxylation is 1. The summed E-state index contributed by atoms with van der Waals surface area (Å²) in [5.41, 5.74) is 0.490. The van der Waals surface area contributed by atoms with Gasteiger partial charge in [0.25, 0.3) is 0 Å². The Morgan fingerprint density at radius 3 is 2.03 bits per heavy atom. The van der Waals surface area contributed by atoms with Gasteiger partial charge in [-0.05, 0) is 30.2 Å². The van der Waals surface area contributed by atoms with Crippen LogP contribution in [-0.2, 0) is 6.42 Å². The molecule has 1 heterocycles. The van der Waals surface area contributed by atoms with Gasteiger partial charge in [-0.1, -0.05) is 84.0 Å². The monoisotopic (exact) mass is 458 g/mol. The molecular weight excluding hydrogens is 416 g/mol. The van der Waals surface area contributed by atoms with Crippen LogP contribution in [0, 0.1) is 0 Å². The number of ether oxygens (including phenoxy) is 2. The number of hydrogen-bond acceptors (Lipinski definition) is 5. The molecule has 0 radical (unpaired) electrons. The van der Waals surface area contributed by atoms with E-state index in [0.29, 0.717) is 17.3 Å². The molecule has 0 spiro atoms. The standard InChI is InChI=1S/C26H42N4O3/c1-4-5-6-7-8-9-10-11-12-13-14-15-16-17-25-28-29-26(31)30(25)27-21-22-18-19-23(32-2)24(20-22)33-3/h18-21H,4-17H2,1-3H3,(H,29,31). The molecule has 0 atom stereocenters. The number of methoxy groups -OCH3 is 2. The van der Waals surface area contributed by atoms with Gasteiger partial charge in [0.2, 0.25) is 0 Å². The van der Waals surface area contributed by atoms with Crippen molar-refractivity contribution < 1.29 is 9.47 Å². The van der Waals surface area contributed by atoms with Gasteiger partial charge in [0.05, 0.1) is 20.4 Å². The Bertz CT molecular complexity index is 873. The lowest BCUT2D eigenvalue weighted by Gasteiger charge is -2.07. The molecule has 1 N–H and O–H groups in total. The molecule has 0 aliphatic heterocycles. The van der Waals surface area contributed by atoms with Crippen LogP contribution in [0.2, 0.25) is 0 Å². The molecule has 184 valence electrons. The fourth-order valence-electron chi connectivity index (χ4n) is 3.96. The van der Waals surface area contributed by atoms with Crippen molar-refractivity contribution in [2.24, 2.45) is 5.10 Å². The van der Waals surface area contributed by atoms with E-state index >= 15 is 0 Å². The van der Waals surface area contributed by atoms with Gasteiger partial charge < -0.3 is 9.47 Å². The van der Waals surface area contributed by atoms with Gasteiger partial charge in [-0.25, -0.2) is 9.89 Å². The lowest BCUT2D eigenvalue weighted by molar-refractivity contribution is 0.355. The minimum absolute atomic E-state index is 0.323. The van der Waals surface area contributed by atoms with Crippen molar-refractivity contribution in [3.05, 3.63) is 40.1 Å². The number of benzene rings is 1. The molecule has 0 bridgehead atoms. The lowest BCUT2D eigenvalue weighted by Crippen LogP contribution is -2.15. The first-order valence-corrected chi connectivity index (χ1v) is 12.6. The smallest absolute Gasteiger partial charge is 0.364 e. The highest BCUT2D eigenvalue weighted by molar-refractivity contribution is 5.80. The van der Waals surface area contributed by atoms with Crippen LogP contribution in [0.5, 0.6) is 11.5 Å². The van der Waals surface area contributed by atoms with Gasteiger partial charge in [0.1, 0.15) is 0 Å². The summed E-state index contributed by atoms with van der Waals surface area (Å²) in [6, 6.07) is 5.49. The van der Waals surface area contributed by atoms with E-state index in [0.717, 1.165) is 24.8 Å². The topological polar surface area (TPSA) is 81.5 Å². The Balaban J connectivity index is 1.67. The molecule has 0 aliphatic carbocycles. The molecule has 1 aromatic carbocycles. The first kappa shape index (κ1) is 26.7. The molecule has 7 heteroatoms. The van der Waals surface area contributed by atoms with E-state index in [1.165, 1.54) is 75.3 Å². The van der Waals surface area contributed by atoms with Crippen molar-refractivity contribution in [3.8, 4) is 11.5 Å². The van der Waals surface area contributed by atoms with Crippen molar-refractivity contribution in [2.45, 2.75) is 96.8 Å². The predicted octanol–water partition coefficient (Wildman–Crippen LogP) is 6.10. The second kappa shape index (κ2) is 16.1. The Hall–Kier alpha value is -2.57. The number of H-pyrrole nitrogens is 1. The zero-order valence-electron chi connectivity index (χ0n) is 20.8. The molecule has 2 aromatic rings. The molecule has 33 heavy (non-hydrogen) atoms. The summed E-state index contributed by atoms with van der Waals surface area (Å²) in [5, 5.41) is 11.0. The van der Waals surface area contributed by atoms with Gasteiger partial charge in [-0.2, -0.15) is 14.9 Å². The maximum Gasteiger partial charge on any atom is 0.364 e. The van der Waals surface area contributed by atoms with Crippen LogP contribution in [0.25, 0.3) is 0 Å². The summed E-state index contributed by atoms with van der Waals surface area (Å²) >= 11 is 0. The van der Waals surface area contributed by atoms with Crippen LogP contribution < -0.4 is 15.2 Å². The molecule has 0 aliphatic rings. The van der Waals surface area contributed by atoms with Crippen LogP contribution in [0.15, 0.2) is 28.1 Å². The number of aromatic amines is 1. The average Bonchev–Trinajstić information content (AvgIpc) is 3.19. The minimum atomic E-state index is -0.323. The summed E-state index contributed by atoms with van der Waals surface area (Å²) in [7, 11) is 3.19. The van der Waals surface area contributed by atoms with Gasteiger partial charge in [-0.3, -0.25) is 0 Å². The van der Waals surface area contributed by atoms with E-state index in [9.17, 15) is 4.79 Å². The zero-order chi connectivity index (χ0) is 23.7. The Kier molecular flexibility index (Phi) is 13.0. The molecule has 2 rings (SSSR count). The SMILES string of the molecule is CCCCCCCCCCCCCCCc1n[nH]c(=O)n1N=Cc1ccc(OC)c(OC)c1. The average molecular weight is 459 g/mol. The van der Waals surface area contributed by atoms with E-state index < -0.39 is 0 Å². The number of nitrogens with one attached hydrogen (secondary N) is 1. The largest absolute Gasteiger partial charge is 0.493 e. The summed E-state index contributed by atoms with van der Waals surface area (Å²) in [6.45, 7) is 2.27. The molecule has 0 saturated carbocycles. The third-order valence-corrected chi connectivity index (χ3v) is 5.95. The highest BCUT2D eigenvalue weighted by Gasteiger charge is 2.08. The summed E-state index contributed by atoms with van der Waals surface area (Å²) in [4.78, 5) is 12.1. The number of aromatic nitrogens is 3. The highest BCUT2D eigenvalue weighted by Crippen LogP contribution is 2.26. The maximum atomic E-state index is 12.1. The van der Waals surface area contributed by atoms with E-state index in [2.05, 4.69) is 22.2 Å². The fourth-order valence-corrected chi connectivity index (χ4v) is 3.96. The van der Waals surface area contributed by atoms with Crippen molar-refractivity contribution in [1.29, 1.82) is 0 Å². The van der Waals surface area contributed by atoms with E-state index in [-0.39, 0.29) is 5.69 Å². The first-order valence-electron chi connectivity index (χ1n) is 12.6. The lowest BCUT2D eigenvalue weighted by atomic mass is 10.0. The predicted molar refractivity (Wildman–Crippen MR) is 135 cm³/mol. The quantitative estimate of drug-likeness (QED) is 0.216. The first-order chi connectivity index (χ1) is 16.2. The Labute approximate surface area is 198 Å². The van der Waals surface area contributed by atoms with Crippen molar-refractivity contribution in [1.82, 2.24) is 14.9 Å². The Morgan fingerprint density at radius 1 is 0.879 bits per heavy atom. The van der Waals surface area contributed by atoms with Crippen LogP contribution >= 0.6 is 0 Å². The highest BCUT2D eigenvalue weighted by atomic mass is 16.5. The maximum absolute atomic E-state index is 12.1. The van der Waals surface area contributed by atoms with Crippen molar-refractivity contribution in [2.75, 3.05) is 14.2 Å². The molecular formula is C26H42N4O3. The molecule has 0 amide bonds. The Morgan fingerprint density at radius 2 is 1.45 bits per heavy atom. The summed E-state index contributed by atoms with van der Waals surface area (Å²) in [5.74, 6) is 1.94. The second-order valence-corrected chi connectivity index (χ2v) is 8.61. The van der Waals surface area contributed by atoms with Crippen molar-refractivity contribution in [3.63, 3.8) is 0 Å². The van der Waals surface area contributed by atoms with Gasteiger partial charge in [-0.15, -0.1) is 0 Å². The normalized spacial score (nSPS) is 11.4. The van der Waals surface area contributed by atoms with Crippen LogP contribution in [0.1, 0.15) is 102 Å². The van der Waals surface area contributed by atoms with Gasteiger partial charge in [0.15, 0.2) is 17.3 Å². The summed E-state index contributed by atoms with van der Waals surface area (Å²) in [6.07, 6.45) is 19.4. The van der Waals surface area contributed by atoms with Crippen molar-refractivity contribution >= 4 is 6.21 Å². The summed E-state index contributed by atoms with van der Waals surface area (Å²) < 4.78 is 11.9. The number of hydrogen-bond donors (Lipinski definition) is 1. The number of nitrogens with zero attached hydrogens (tertiary/aromatic N) is 3. The zero-order valence-corrected chi connectivity index (χ0v) is 20.8. The minimum Gasteiger partial charge on any atom is -0.493 e. The van der Waals surface area contributed by atoms with E-state index in [1.807, 2.05) is 18.2 Å². The molecule has 1 aromatic heterocycles. The van der Waals surface area contributed by atoms with Crippen LogP contribution in [0.4, 0.5) is 0 Å². The number of rotatable bonds is 18. The molecule has 0 saturated heterocycles. The van der Waals surface area contributed by atoms with Gasteiger partial charge in [0, 0.05) is 6.42 Å². The van der Waals surface area contributed by atoms with E-state index in [4.69, 9.17) is 9.47 Å². The van der Waals surface area contributed by atoms with E-state index in [1.54, 1.807) is 20.4 Å². The molecule has 0 fully saturated rings. The van der Waals surface area contributed by atoms with Gasteiger partial charge >= 0.3 is 5.69 Å². The van der Waals surface area contributed by atoms with Crippen LogP contribution in [0.3, 0.4) is 0 Å². The van der Waals surface area contributed by atoms with Crippen LogP contribution in [-0.4, -0.2) is 35.3 Å². The fraction of sp³-hybridized carbons (Fsp3) is 0.654. The third kappa shape index (κ3) is 9.84. The third-order valence-electron chi connectivity index (χ3n) is 5.95.